The average molecular weight is 536 g/mol. The number of hydrogen-bond donors (Lipinski definition) is 1. The zero-order chi connectivity index (χ0) is 24.2. The lowest BCUT2D eigenvalue weighted by Crippen LogP contribution is -2.47. The van der Waals surface area contributed by atoms with Gasteiger partial charge in [0.1, 0.15) is 10.9 Å². The number of amides is 3. The molecule has 3 rings (SSSR count). The molecule has 1 aliphatic heterocycles. The molecule has 2 aromatic rings. The second-order valence-corrected chi connectivity index (χ2v) is 10.5. The normalized spacial score (nSPS) is 15.1. The first kappa shape index (κ1) is 24.9. The molecule has 0 unspecified atom stereocenters. The molecule has 176 valence electrons. The highest BCUT2D eigenvalue weighted by molar-refractivity contribution is 9.10. The van der Waals surface area contributed by atoms with Crippen molar-refractivity contribution >= 4 is 43.7 Å². The van der Waals surface area contributed by atoms with E-state index in [9.17, 15) is 22.8 Å². The Labute approximate surface area is 202 Å². The quantitative estimate of drug-likeness (QED) is 0.531. The lowest BCUT2D eigenvalue weighted by atomic mass is 10.1. The third kappa shape index (κ3) is 5.44. The molecule has 0 saturated carbocycles. The summed E-state index contributed by atoms with van der Waals surface area (Å²) in [5, 5.41) is 2.73. The molecular formula is C23H26BrN3O5S. The van der Waals surface area contributed by atoms with Crippen LogP contribution in [-0.4, -0.2) is 54.5 Å². The van der Waals surface area contributed by atoms with E-state index in [-0.39, 0.29) is 48.2 Å². The molecule has 33 heavy (non-hydrogen) atoms. The van der Waals surface area contributed by atoms with Gasteiger partial charge in [-0.05, 0) is 50.1 Å². The van der Waals surface area contributed by atoms with Gasteiger partial charge >= 0.3 is 0 Å². The summed E-state index contributed by atoms with van der Waals surface area (Å²) in [5.41, 5.74) is 0.992. The maximum Gasteiger partial charge on any atom is 0.269 e. The van der Waals surface area contributed by atoms with Crippen molar-refractivity contribution in [3.63, 3.8) is 0 Å². The van der Waals surface area contributed by atoms with Crippen LogP contribution in [0.1, 0.15) is 42.6 Å². The van der Waals surface area contributed by atoms with Gasteiger partial charge < -0.3 is 10.2 Å². The van der Waals surface area contributed by atoms with Crippen LogP contribution in [0.4, 0.5) is 0 Å². The second kappa shape index (κ2) is 10.5. The van der Waals surface area contributed by atoms with Crippen molar-refractivity contribution in [1.29, 1.82) is 0 Å². The van der Waals surface area contributed by atoms with Crippen molar-refractivity contribution in [3.8, 4) is 0 Å². The van der Waals surface area contributed by atoms with E-state index >= 15 is 0 Å². The van der Waals surface area contributed by atoms with Crippen LogP contribution in [0, 0.1) is 0 Å². The van der Waals surface area contributed by atoms with Crippen LogP contribution in [0.15, 0.2) is 57.9 Å². The number of nitrogens with zero attached hydrogens (tertiary/aromatic N) is 2. The van der Waals surface area contributed by atoms with Crippen LogP contribution in [0.5, 0.6) is 0 Å². The highest BCUT2D eigenvalue weighted by Crippen LogP contribution is 2.30. The monoisotopic (exact) mass is 535 g/mol. The van der Waals surface area contributed by atoms with Crippen LogP contribution < -0.4 is 5.32 Å². The Morgan fingerprint density at radius 3 is 2.55 bits per heavy atom. The average Bonchev–Trinajstić information content (AvgIpc) is 2.98. The van der Waals surface area contributed by atoms with E-state index in [4.69, 9.17) is 0 Å². The zero-order valence-electron chi connectivity index (χ0n) is 18.5. The summed E-state index contributed by atoms with van der Waals surface area (Å²) < 4.78 is 27.1. The molecule has 0 fully saturated rings. The van der Waals surface area contributed by atoms with Gasteiger partial charge in [-0.1, -0.05) is 40.2 Å². The van der Waals surface area contributed by atoms with Crippen molar-refractivity contribution in [1.82, 2.24) is 14.5 Å². The summed E-state index contributed by atoms with van der Waals surface area (Å²) in [7, 11) is -3.91. The highest BCUT2D eigenvalue weighted by Gasteiger charge is 2.40. The van der Waals surface area contributed by atoms with Crippen molar-refractivity contribution < 1.29 is 22.8 Å². The number of likely N-dealkylation sites (N-methyl/N-ethyl adjacent to an activating group) is 1. The Balaban J connectivity index is 1.70. The SMILES string of the molecule is CCNC(=O)[C@H](C)N(Cc1cccc(Br)c1)C(=O)CCCN1C(=O)c2ccccc2S1(=O)=O. The zero-order valence-corrected chi connectivity index (χ0v) is 20.9. The summed E-state index contributed by atoms with van der Waals surface area (Å²) in [6, 6.07) is 12.8. The molecule has 0 aromatic heterocycles. The van der Waals surface area contributed by atoms with E-state index in [1.807, 2.05) is 24.3 Å². The first-order valence-corrected chi connectivity index (χ1v) is 12.9. The topological polar surface area (TPSA) is 104 Å². The summed E-state index contributed by atoms with van der Waals surface area (Å²) in [4.78, 5) is 39.6. The molecule has 2 aromatic carbocycles. The van der Waals surface area contributed by atoms with Crippen LogP contribution in [0.2, 0.25) is 0 Å². The number of carbonyl (C=O) groups excluding carboxylic acids is 3. The molecule has 3 amide bonds. The lowest BCUT2D eigenvalue weighted by molar-refractivity contribution is -0.140. The molecule has 0 bridgehead atoms. The number of carbonyl (C=O) groups is 3. The van der Waals surface area contributed by atoms with E-state index in [1.54, 1.807) is 26.0 Å². The predicted octanol–water partition coefficient (Wildman–Crippen LogP) is 2.93. The first-order valence-electron chi connectivity index (χ1n) is 10.6. The largest absolute Gasteiger partial charge is 0.355 e. The number of rotatable bonds is 9. The van der Waals surface area contributed by atoms with Gasteiger partial charge in [0.05, 0.1) is 5.56 Å². The standard InChI is InChI=1S/C23H26BrN3O5S/c1-3-25-22(29)16(2)26(15-17-8-6-9-18(24)14-17)21(28)12-7-13-27-23(30)19-10-4-5-11-20(19)33(27,31)32/h4-6,8-11,14,16H,3,7,12-13,15H2,1-2H3,(H,25,29)/t16-/m0/s1. The minimum atomic E-state index is -3.91. The van der Waals surface area contributed by atoms with Gasteiger partial charge in [0.2, 0.25) is 11.8 Å². The minimum Gasteiger partial charge on any atom is -0.355 e. The Morgan fingerprint density at radius 2 is 1.88 bits per heavy atom. The number of nitrogens with one attached hydrogen (secondary N) is 1. The number of sulfonamides is 1. The van der Waals surface area contributed by atoms with E-state index in [0.29, 0.717) is 6.54 Å². The van der Waals surface area contributed by atoms with Crippen molar-refractivity contribution in [3.05, 3.63) is 64.1 Å². The fourth-order valence-corrected chi connectivity index (χ4v) is 5.76. The van der Waals surface area contributed by atoms with Gasteiger partial charge in [0, 0.05) is 30.5 Å². The molecule has 1 heterocycles. The third-order valence-corrected chi connectivity index (χ3v) is 7.76. The third-order valence-electron chi connectivity index (χ3n) is 5.42. The van der Waals surface area contributed by atoms with Gasteiger partial charge in [-0.2, -0.15) is 0 Å². The fourth-order valence-electron chi connectivity index (χ4n) is 3.71. The summed E-state index contributed by atoms with van der Waals surface area (Å²) >= 11 is 3.41. The Kier molecular flexibility index (Phi) is 7.91. The second-order valence-electron chi connectivity index (χ2n) is 7.70. The van der Waals surface area contributed by atoms with Gasteiger partial charge in [0.15, 0.2) is 0 Å². The van der Waals surface area contributed by atoms with Crippen LogP contribution in [-0.2, 0) is 26.2 Å². The molecular weight excluding hydrogens is 510 g/mol. The van der Waals surface area contributed by atoms with E-state index in [1.165, 1.54) is 17.0 Å². The molecule has 1 aliphatic rings. The van der Waals surface area contributed by atoms with Gasteiger partial charge in [-0.15, -0.1) is 0 Å². The molecule has 10 heteroatoms. The first-order chi connectivity index (χ1) is 15.7. The van der Waals surface area contributed by atoms with E-state index in [0.717, 1.165) is 14.3 Å². The molecule has 0 spiro atoms. The summed E-state index contributed by atoms with van der Waals surface area (Å²) in [6.07, 6.45) is 0.141. The minimum absolute atomic E-state index is 0.00655. The van der Waals surface area contributed by atoms with Gasteiger partial charge in [-0.25, -0.2) is 12.7 Å². The van der Waals surface area contributed by atoms with Gasteiger partial charge in [-0.3, -0.25) is 14.4 Å². The highest BCUT2D eigenvalue weighted by atomic mass is 79.9. The molecule has 8 nitrogen and oxygen atoms in total. The maximum absolute atomic E-state index is 13.1. The number of benzene rings is 2. The van der Waals surface area contributed by atoms with Crippen LogP contribution in [0.25, 0.3) is 0 Å². The number of halogens is 1. The van der Waals surface area contributed by atoms with Crippen LogP contribution in [0.3, 0.4) is 0 Å². The molecule has 0 radical (unpaired) electrons. The van der Waals surface area contributed by atoms with Crippen molar-refractivity contribution in [2.45, 2.75) is 44.2 Å². The Bertz CT molecular complexity index is 1170. The molecule has 0 saturated heterocycles. The molecule has 0 aliphatic carbocycles. The van der Waals surface area contributed by atoms with Crippen LogP contribution >= 0.6 is 15.9 Å². The van der Waals surface area contributed by atoms with E-state index < -0.39 is 22.0 Å². The number of fused-ring (bicyclic) bond motifs is 1. The van der Waals surface area contributed by atoms with E-state index in [2.05, 4.69) is 21.2 Å². The summed E-state index contributed by atoms with van der Waals surface area (Å²) in [5.74, 6) is -1.15. The van der Waals surface area contributed by atoms with Gasteiger partial charge in [0.25, 0.3) is 15.9 Å². The lowest BCUT2D eigenvalue weighted by Gasteiger charge is -2.29. The fraction of sp³-hybridized carbons (Fsp3) is 0.348. The summed E-state index contributed by atoms with van der Waals surface area (Å²) in [6.45, 7) is 4.02. The number of hydrogen-bond acceptors (Lipinski definition) is 5. The van der Waals surface area contributed by atoms with Crippen molar-refractivity contribution in [2.24, 2.45) is 0 Å². The molecule has 1 N–H and O–H groups in total. The Hall–Kier alpha value is -2.72. The Morgan fingerprint density at radius 1 is 1.15 bits per heavy atom. The smallest absolute Gasteiger partial charge is 0.269 e. The maximum atomic E-state index is 13.1. The predicted molar refractivity (Wildman–Crippen MR) is 127 cm³/mol. The van der Waals surface area contributed by atoms with Crippen molar-refractivity contribution in [2.75, 3.05) is 13.1 Å². The molecule has 1 atom stereocenters.